The third-order valence-electron chi connectivity index (χ3n) is 10.0. The lowest BCUT2D eigenvalue weighted by molar-refractivity contribution is -0.136. The first-order valence-corrected chi connectivity index (χ1v) is 18.0. The minimum atomic E-state index is -1.06. The van der Waals surface area contributed by atoms with Crippen LogP contribution in [0, 0.1) is 0 Å². The number of aromatic nitrogens is 1. The molecule has 1 aromatic heterocycles. The number of aromatic hydroxyl groups is 1. The number of carbonyl (C=O) groups excluding carboxylic acids is 5. The summed E-state index contributed by atoms with van der Waals surface area (Å²) in [6.45, 7) is 2.42. The molecule has 16 heteroatoms. The molecule has 284 valence electrons. The second-order valence-electron chi connectivity index (χ2n) is 13.5. The minimum Gasteiger partial charge on any atom is -0.507 e. The Kier molecular flexibility index (Phi) is 10.9. The topological polar surface area (TPSA) is 209 Å². The van der Waals surface area contributed by atoms with E-state index in [9.17, 15) is 29.1 Å². The fraction of sp³-hybridized carbons (Fsp3) is 0.333. The van der Waals surface area contributed by atoms with Gasteiger partial charge in [0.05, 0.1) is 47.9 Å². The maximum absolute atomic E-state index is 13.2. The summed E-state index contributed by atoms with van der Waals surface area (Å²) in [5, 5.41) is 16.0. The summed E-state index contributed by atoms with van der Waals surface area (Å²) in [4.78, 5) is 77.5. The number of carbonyl (C=O) groups is 5. The molecule has 2 aromatic carbocycles. The largest absolute Gasteiger partial charge is 0.507 e. The summed E-state index contributed by atoms with van der Waals surface area (Å²) in [6.07, 6.45) is 6.40. The second-order valence-corrected chi connectivity index (χ2v) is 13.5. The van der Waals surface area contributed by atoms with E-state index in [1.807, 2.05) is 24.4 Å². The van der Waals surface area contributed by atoms with Crippen molar-refractivity contribution >= 4 is 47.2 Å². The Morgan fingerprint density at radius 2 is 1.82 bits per heavy atom. The van der Waals surface area contributed by atoms with E-state index < -0.39 is 29.7 Å². The highest BCUT2D eigenvalue weighted by Gasteiger charge is 2.46. The quantitative estimate of drug-likeness (QED) is 0.0389. The van der Waals surface area contributed by atoms with Gasteiger partial charge in [0.25, 0.3) is 11.8 Å². The number of piperazine rings is 1. The van der Waals surface area contributed by atoms with Crippen LogP contribution >= 0.6 is 0 Å². The van der Waals surface area contributed by atoms with Gasteiger partial charge in [0.2, 0.25) is 11.8 Å². The number of fused-ring (bicyclic) bond motifs is 3. The molecule has 0 spiro atoms. The first-order valence-electron chi connectivity index (χ1n) is 18.0. The van der Waals surface area contributed by atoms with Crippen LogP contribution in [0.1, 0.15) is 62.5 Å². The molecule has 16 nitrogen and oxygen atoms in total. The van der Waals surface area contributed by atoms with Crippen LogP contribution in [0.5, 0.6) is 11.5 Å². The van der Waals surface area contributed by atoms with Crippen molar-refractivity contribution in [2.24, 2.45) is 15.9 Å². The molecule has 3 aromatic rings. The van der Waals surface area contributed by atoms with Crippen LogP contribution in [0.4, 0.5) is 5.82 Å². The molecule has 7 rings (SSSR count). The number of hydrazone groups is 1. The number of allylic oxidation sites excluding steroid dienone is 1. The number of piperidine rings is 1. The number of pyridine rings is 1. The molecule has 0 saturated carbocycles. The average Bonchev–Trinajstić information content (AvgIpc) is 3.86. The molecule has 55 heavy (non-hydrogen) atoms. The maximum Gasteiger partial charge on any atom is 0.266 e. The van der Waals surface area contributed by atoms with Gasteiger partial charge in [0.15, 0.2) is 5.78 Å². The van der Waals surface area contributed by atoms with Crippen molar-refractivity contribution in [3.05, 3.63) is 95.3 Å². The van der Waals surface area contributed by atoms with Crippen molar-refractivity contribution in [2.45, 2.75) is 50.4 Å². The fourth-order valence-corrected chi connectivity index (χ4v) is 7.31. The number of benzene rings is 2. The number of imide groups is 2. The Hall–Kier alpha value is -6.42. The molecular weight excluding hydrogens is 708 g/mol. The van der Waals surface area contributed by atoms with Gasteiger partial charge < -0.3 is 30.2 Å². The Morgan fingerprint density at radius 3 is 2.60 bits per heavy atom. The molecule has 4 amide bonds. The predicted octanol–water partition coefficient (Wildman–Crippen LogP) is 2.22. The van der Waals surface area contributed by atoms with Gasteiger partial charge in [0.1, 0.15) is 30.0 Å². The zero-order chi connectivity index (χ0) is 38.5. The number of ether oxygens (including phenoxy) is 2. The van der Waals surface area contributed by atoms with Crippen LogP contribution in [-0.4, -0.2) is 112 Å². The number of likely N-dealkylation sites (tertiary alicyclic amines) is 1. The zero-order valence-electron chi connectivity index (χ0n) is 29.9. The van der Waals surface area contributed by atoms with Gasteiger partial charge in [-0.05, 0) is 49.2 Å². The summed E-state index contributed by atoms with van der Waals surface area (Å²) in [5.74, 6) is 4.06. The second kappa shape index (κ2) is 16.3. The number of phenolic OH excluding ortho intramolecular Hbond substituents is 1. The lowest BCUT2D eigenvalue weighted by Crippen LogP contribution is -2.54. The van der Waals surface area contributed by atoms with Crippen molar-refractivity contribution in [2.75, 3.05) is 37.8 Å². The van der Waals surface area contributed by atoms with E-state index in [2.05, 4.69) is 25.2 Å². The minimum absolute atomic E-state index is 0.0286. The molecule has 5 heterocycles. The van der Waals surface area contributed by atoms with Crippen LogP contribution in [0.3, 0.4) is 0 Å². The van der Waals surface area contributed by atoms with Gasteiger partial charge in [-0.3, -0.25) is 39.2 Å². The van der Waals surface area contributed by atoms with E-state index in [-0.39, 0.29) is 78.7 Å². The van der Waals surface area contributed by atoms with E-state index in [1.165, 1.54) is 18.2 Å². The van der Waals surface area contributed by atoms with Crippen molar-refractivity contribution in [1.82, 2.24) is 20.1 Å². The molecule has 4 aliphatic rings. The molecule has 1 unspecified atom stereocenters. The normalized spacial score (nSPS) is 21.0. The number of hydrogen-bond acceptors (Lipinski definition) is 14. The molecule has 3 atom stereocenters. The van der Waals surface area contributed by atoms with Crippen LogP contribution in [0.15, 0.2) is 83.0 Å². The van der Waals surface area contributed by atoms with E-state index in [4.69, 9.17) is 20.3 Å². The molecule has 2 bridgehead atoms. The number of amides is 4. The van der Waals surface area contributed by atoms with Gasteiger partial charge in [0, 0.05) is 56.5 Å². The molecule has 0 radical (unpaired) electrons. The summed E-state index contributed by atoms with van der Waals surface area (Å²) < 4.78 is 11.5. The summed E-state index contributed by atoms with van der Waals surface area (Å²) in [7, 11) is 0. The average molecular weight is 749 g/mol. The number of aliphatic imine (C=N–C) groups is 1. The Balaban J connectivity index is 0.836. The number of nitrogens with one attached hydrogen (secondary N) is 1. The van der Waals surface area contributed by atoms with Crippen LogP contribution in [0.25, 0.3) is 0 Å². The van der Waals surface area contributed by atoms with Gasteiger partial charge in [-0.15, -0.1) is 0 Å². The molecule has 4 N–H and O–H groups in total. The fourth-order valence-electron chi connectivity index (χ4n) is 7.31. The van der Waals surface area contributed by atoms with Gasteiger partial charge in [-0.1, -0.05) is 24.3 Å². The highest BCUT2D eigenvalue weighted by molar-refractivity contribution is 6.30. The van der Waals surface area contributed by atoms with Crippen LogP contribution < -0.4 is 20.8 Å². The maximum atomic E-state index is 13.2. The molecule has 3 fully saturated rings. The lowest BCUT2D eigenvalue weighted by Gasteiger charge is -2.34. The van der Waals surface area contributed by atoms with Crippen molar-refractivity contribution in [3.63, 3.8) is 0 Å². The van der Waals surface area contributed by atoms with E-state index in [0.717, 1.165) is 35.9 Å². The lowest BCUT2D eigenvalue weighted by atomic mass is 10.0. The zero-order valence-corrected chi connectivity index (χ0v) is 29.9. The number of nitrogens with two attached hydrogens (primary N) is 1. The number of nitrogens with zero attached hydrogens (tertiary/aromatic N) is 6. The van der Waals surface area contributed by atoms with Crippen LogP contribution in [-0.2, 0) is 20.9 Å². The number of ketones is 1. The molecular formula is C39H40N8O8. The van der Waals surface area contributed by atoms with Crippen molar-refractivity contribution in [1.29, 1.82) is 0 Å². The Bertz CT molecular complexity index is 2100. The van der Waals surface area contributed by atoms with Crippen molar-refractivity contribution < 1.29 is 38.6 Å². The summed E-state index contributed by atoms with van der Waals surface area (Å²) >= 11 is 0. The summed E-state index contributed by atoms with van der Waals surface area (Å²) in [5.41, 5.74) is 1.82. The number of para-hydroxylation sites is 1. The van der Waals surface area contributed by atoms with E-state index >= 15 is 0 Å². The first-order chi connectivity index (χ1) is 26.7. The van der Waals surface area contributed by atoms with Gasteiger partial charge in [-0.2, -0.15) is 5.10 Å². The monoisotopic (exact) mass is 748 g/mol. The SMILES string of the molecule is N/N=C(\C=NCc1cccc(N2C[C@H]3C[C@@H]2CN3/C=C/C(=O)c2ccccc2O)n1)CCOCCOc1cccc2c1C(=O)N(C1CCC(=O)NC1=O)C2=O. The number of phenols is 1. The summed E-state index contributed by atoms with van der Waals surface area (Å²) in [6, 6.07) is 16.5. The predicted molar refractivity (Wildman–Crippen MR) is 200 cm³/mol. The molecule has 0 aliphatic carbocycles. The van der Waals surface area contributed by atoms with Crippen LogP contribution in [0.2, 0.25) is 0 Å². The smallest absolute Gasteiger partial charge is 0.266 e. The Morgan fingerprint density at radius 1 is 0.982 bits per heavy atom. The number of anilines is 1. The highest BCUT2D eigenvalue weighted by atomic mass is 16.5. The molecule has 4 aliphatic heterocycles. The standard InChI is InChI=1S/C39H40N8O8/c40-44-25(14-16-54-17-18-55-33-9-4-7-29-36(33)39(53)47(38(29)52)30-11-12-35(50)43-37(30)51)21-41-20-24-5-3-10-34(42-24)46-23-26-19-27(46)22-45(26)15-13-32(49)28-6-1-2-8-31(28)48/h1-10,13,15,21,26-27,30,48H,11-12,14,16-20,22-23,40H2,(H,43,50,51)/b15-13+,41-21?,44-25-/t26-,27-,30?/m1/s1. The van der Waals surface area contributed by atoms with E-state index in [0.29, 0.717) is 18.7 Å². The highest BCUT2D eigenvalue weighted by Crippen LogP contribution is 2.35. The van der Waals surface area contributed by atoms with Gasteiger partial charge >= 0.3 is 0 Å². The van der Waals surface area contributed by atoms with Gasteiger partial charge in [-0.25, -0.2) is 4.98 Å². The Labute approximate surface area is 316 Å². The van der Waals surface area contributed by atoms with E-state index in [1.54, 1.807) is 36.5 Å². The third-order valence-corrected chi connectivity index (χ3v) is 10.0. The molecule has 3 saturated heterocycles. The third kappa shape index (κ3) is 7.94. The first kappa shape index (κ1) is 36.9. The number of rotatable bonds is 15. The van der Waals surface area contributed by atoms with Crippen molar-refractivity contribution in [3.8, 4) is 11.5 Å². The number of hydrogen-bond donors (Lipinski definition) is 3.